The Bertz CT molecular complexity index is 877. The lowest BCUT2D eigenvalue weighted by Crippen LogP contribution is -2.42. The minimum absolute atomic E-state index is 0.214. The van der Waals surface area contributed by atoms with Crippen molar-refractivity contribution in [2.75, 3.05) is 13.1 Å². The van der Waals surface area contributed by atoms with E-state index >= 15 is 0 Å². The predicted octanol–water partition coefficient (Wildman–Crippen LogP) is 3.89. The molecule has 0 unspecified atom stereocenters. The third kappa shape index (κ3) is 3.58. The van der Waals surface area contributed by atoms with Gasteiger partial charge in [-0.15, -0.1) is 0 Å². The van der Waals surface area contributed by atoms with Crippen molar-refractivity contribution >= 4 is 10.8 Å². The fraction of sp³-hybridized carbons (Fsp3) is 0.318. The number of β-amino-alcohol motifs (C(OH)–C–C–N with tert-alkyl or cyclic N) is 1. The number of aliphatic hydroxyl groups is 1. The van der Waals surface area contributed by atoms with Gasteiger partial charge in [0.1, 0.15) is 0 Å². The number of aliphatic hydroxyl groups excluding tert-OH is 1. The summed E-state index contributed by atoms with van der Waals surface area (Å²) in [5.74, 6) is 0.214. The quantitative estimate of drug-likeness (QED) is 0.790. The lowest BCUT2D eigenvalue weighted by molar-refractivity contribution is 0.0471. The Morgan fingerprint density at radius 3 is 2.68 bits per heavy atom. The first-order valence-corrected chi connectivity index (χ1v) is 9.01. The standard InChI is InChI=1S/C22H24N2O/c1-16-5-4-8-20(23-16)14-24-12-11-21(22(25)15-24)19-10-9-17-6-2-3-7-18(17)13-19/h2-10,13,21-22,25H,11-12,14-15H2,1H3/t21-,22+/m1/s1. The number of rotatable bonds is 3. The van der Waals surface area contributed by atoms with Crippen LogP contribution in [0.4, 0.5) is 0 Å². The molecule has 2 atom stereocenters. The second-order valence-electron chi connectivity index (χ2n) is 7.07. The minimum Gasteiger partial charge on any atom is -0.391 e. The molecule has 3 heteroatoms. The molecule has 1 N–H and O–H groups in total. The van der Waals surface area contributed by atoms with Crippen molar-refractivity contribution in [3.8, 4) is 0 Å². The Morgan fingerprint density at radius 1 is 1.04 bits per heavy atom. The van der Waals surface area contributed by atoms with E-state index in [2.05, 4.69) is 64.5 Å². The minimum atomic E-state index is -0.334. The lowest BCUT2D eigenvalue weighted by Gasteiger charge is -2.36. The van der Waals surface area contributed by atoms with Crippen molar-refractivity contribution in [2.24, 2.45) is 0 Å². The van der Waals surface area contributed by atoms with Crippen LogP contribution in [0.5, 0.6) is 0 Å². The molecule has 128 valence electrons. The molecular formula is C22H24N2O. The predicted molar refractivity (Wildman–Crippen MR) is 102 cm³/mol. The number of hydrogen-bond acceptors (Lipinski definition) is 3. The smallest absolute Gasteiger partial charge is 0.0736 e. The highest BCUT2D eigenvalue weighted by molar-refractivity contribution is 5.83. The normalized spacial score (nSPS) is 21.5. The summed E-state index contributed by atoms with van der Waals surface area (Å²) in [6.45, 7) is 4.52. The summed E-state index contributed by atoms with van der Waals surface area (Å²) in [6.07, 6.45) is 0.644. The average molecular weight is 332 g/mol. The SMILES string of the molecule is Cc1cccc(CN2CC[C@H](c3ccc4ccccc4c3)[C@@H](O)C2)n1. The van der Waals surface area contributed by atoms with E-state index in [1.54, 1.807) is 0 Å². The molecular weight excluding hydrogens is 308 g/mol. The van der Waals surface area contributed by atoms with E-state index in [0.29, 0.717) is 6.54 Å². The van der Waals surface area contributed by atoms with Gasteiger partial charge in [-0.25, -0.2) is 0 Å². The molecule has 0 saturated carbocycles. The molecule has 1 aliphatic heterocycles. The molecule has 3 aromatic rings. The molecule has 1 aromatic heterocycles. The number of likely N-dealkylation sites (tertiary alicyclic amines) is 1. The topological polar surface area (TPSA) is 36.4 Å². The fourth-order valence-electron chi connectivity index (χ4n) is 3.88. The van der Waals surface area contributed by atoms with Crippen LogP contribution in [0, 0.1) is 6.92 Å². The number of fused-ring (bicyclic) bond motifs is 1. The van der Waals surface area contributed by atoms with Gasteiger partial charge in [0.25, 0.3) is 0 Å². The molecule has 1 saturated heterocycles. The Balaban J connectivity index is 1.47. The number of aromatic nitrogens is 1. The number of benzene rings is 2. The van der Waals surface area contributed by atoms with Crippen molar-refractivity contribution < 1.29 is 5.11 Å². The van der Waals surface area contributed by atoms with Crippen LogP contribution < -0.4 is 0 Å². The van der Waals surface area contributed by atoms with Crippen LogP contribution in [0.3, 0.4) is 0 Å². The molecule has 1 fully saturated rings. The maximum absolute atomic E-state index is 10.7. The first-order valence-electron chi connectivity index (χ1n) is 9.01. The summed E-state index contributed by atoms with van der Waals surface area (Å²) >= 11 is 0. The van der Waals surface area contributed by atoms with Gasteiger partial charge in [-0.3, -0.25) is 9.88 Å². The Morgan fingerprint density at radius 2 is 1.88 bits per heavy atom. The van der Waals surface area contributed by atoms with Crippen molar-refractivity contribution in [1.29, 1.82) is 0 Å². The van der Waals surface area contributed by atoms with Gasteiger partial charge in [0.05, 0.1) is 11.8 Å². The maximum Gasteiger partial charge on any atom is 0.0736 e. The molecule has 0 spiro atoms. The lowest BCUT2D eigenvalue weighted by atomic mass is 9.86. The van der Waals surface area contributed by atoms with Crippen molar-refractivity contribution in [1.82, 2.24) is 9.88 Å². The van der Waals surface area contributed by atoms with Crippen LogP contribution in [0.25, 0.3) is 10.8 Å². The second kappa shape index (κ2) is 6.95. The zero-order chi connectivity index (χ0) is 17.2. The van der Waals surface area contributed by atoms with Gasteiger partial charge < -0.3 is 5.11 Å². The van der Waals surface area contributed by atoms with Gasteiger partial charge in [-0.05, 0) is 48.4 Å². The molecule has 0 amide bonds. The Labute approximate surface area is 148 Å². The Kier molecular flexibility index (Phi) is 4.51. The zero-order valence-corrected chi connectivity index (χ0v) is 14.6. The van der Waals surface area contributed by atoms with Gasteiger partial charge in [0, 0.05) is 24.7 Å². The van der Waals surface area contributed by atoms with Gasteiger partial charge in [0.2, 0.25) is 0 Å². The number of hydrogen-bond donors (Lipinski definition) is 1. The van der Waals surface area contributed by atoms with Crippen LogP contribution >= 0.6 is 0 Å². The van der Waals surface area contributed by atoms with Gasteiger partial charge >= 0.3 is 0 Å². The summed E-state index contributed by atoms with van der Waals surface area (Å²) < 4.78 is 0. The molecule has 4 rings (SSSR count). The molecule has 1 aliphatic rings. The maximum atomic E-state index is 10.7. The summed E-state index contributed by atoms with van der Waals surface area (Å²) in [5, 5.41) is 13.2. The third-order valence-electron chi connectivity index (χ3n) is 5.20. The largest absolute Gasteiger partial charge is 0.391 e. The molecule has 2 aromatic carbocycles. The first-order chi connectivity index (χ1) is 12.2. The number of aryl methyl sites for hydroxylation is 1. The van der Waals surface area contributed by atoms with Crippen LogP contribution in [-0.4, -0.2) is 34.2 Å². The summed E-state index contributed by atoms with van der Waals surface area (Å²) in [7, 11) is 0. The van der Waals surface area contributed by atoms with Crippen molar-refractivity contribution in [2.45, 2.75) is 31.9 Å². The fourth-order valence-corrected chi connectivity index (χ4v) is 3.88. The molecule has 0 radical (unpaired) electrons. The van der Waals surface area contributed by atoms with E-state index in [4.69, 9.17) is 0 Å². The highest BCUT2D eigenvalue weighted by Crippen LogP contribution is 2.31. The third-order valence-corrected chi connectivity index (χ3v) is 5.20. The molecule has 3 nitrogen and oxygen atoms in total. The molecule has 0 aliphatic carbocycles. The number of nitrogens with zero attached hydrogens (tertiary/aromatic N) is 2. The summed E-state index contributed by atoms with van der Waals surface area (Å²) in [5.41, 5.74) is 3.37. The van der Waals surface area contributed by atoms with Crippen LogP contribution in [-0.2, 0) is 6.54 Å². The van der Waals surface area contributed by atoms with E-state index in [9.17, 15) is 5.11 Å². The van der Waals surface area contributed by atoms with E-state index < -0.39 is 0 Å². The van der Waals surface area contributed by atoms with Crippen LogP contribution in [0.2, 0.25) is 0 Å². The highest BCUT2D eigenvalue weighted by Gasteiger charge is 2.29. The van der Waals surface area contributed by atoms with E-state index in [0.717, 1.165) is 30.9 Å². The monoisotopic (exact) mass is 332 g/mol. The summed E-state index contributed by atoms with van der Waals surface area (Å²) in [6, 6.07) is 21.1. The van der Waals surface area contributed by atoms with Crippen LogP contribution in [0.1, 0.15) is 29.3 Å². The van der Waals surface area contributed by atoms with Crippen molar-refractivity contribution in [3.63, 3.8) is 0 Å². The van der Waals surface area contributed by atoms with E-state index in [1.165, 1.54) is 16.3 Å². The second-order valence-corrected chi connectivity index (χ2v) is 7.07. The highest BCUT2D eigenvalue weighted by atomic mass is 16.3. The van der Waals surface area contributed by atoms with Gasteiger partial charge in [0.15, 0.2) is 0 Å². The number of pyridine rings is 1. The molecule has 0 bridgehead atoms. The van der Waals surface area contributed by atoms with Crippen LogP contribution in [0.15, 0.2) is 60.7 Å². The molecule has 25 heavy (non-hydrogen) atoms. The average Bonchev–Trinajstić information content (AvgIpc) is 2.61. The first kappa shape index (κ1) is 16.2. The van der Waals surface area contributed by atoms with Crippen molar-refractivity contribution in [3.05, 3.63) is 77.6 Å². The number of piperidine rings is 1. The zero-order valence-electron chi connectivity index (χ0n) is 14.6. The van der Waals surface area contributed by atoms with Gasteiger partial charge in [-0.2, -0.15) is 0 Å². The van der Waals surface area contributed by atoms with E-state index in [-0.39, 0.29) is 12.0 Å². The molecule has 2 heterocycles. The van der Waals surface area contributed by atoms with Gasteiger partial charge in [-0.1, -0.05) is 48.5 Å². The summed E-state index contributed by atoms with van der Waals surface area (Å²) in [4.78, 5) is 6.89. The van der Waals surface area contributed by atoms with E-state index in [1.807, 2.05) is 13.0 Å². The Hall–Kier alpha value is -2.23.